The molecule has 0 saturated carbocycles. The van der Waals surface area contributed by atoms with Gasteiger partial charge in [-0.05, 0) is 43.2 Å². The molecule has 0 saturated heterocycles. The number of amides is 1. The number of nitro groups is 1. The molecule has 0 fully saturated rings. The minimum Gasteiger partial charge on any atom is -0.371 e. The van der Waals surface area contributed by atoms with Gasteiger partial charge >= 0.3 is 0 Å². The minimum atomic E-state index is -0.554. The van der Waals surface area contributed by atoms with Crippen molar-refractivity contribution in [3.05, 3.63) is 69.3 Å². The number of nitro benzene ring substituents is 1. The van der Waals surface area contributed by atoms with Gasteiger partial charge in [-0.25, -0.2) is 5.43 Å². The normalized spacial score (nSPS) is 10.5. The van der Waals surface area contributed by atoms with Crippen LogP contribution in [0, 0.1) is 28.4 Å². The largest absolute Gasteiger partial charge is 0.371 e. The molecule has 0 heterocycles. The molecule has 0 aliphatic rings. The van der Waals surface area contributed by atoms with Gasteiger partial charge in [0.25, 0.3) is 11.6 Å². The third kappa shape index (κ3) is 5.38. The molecule has 144 valence electrons. The number of aryl methyl sites for hydroxylation is 1. The molecular weight excluding hydrogens is 358 g/mol. The monoisotopic (exact) mass is 379 g/mol. The van der Waals surface area contributed by atoms with Gasteiger partial charge in [-0.3, -0.25) is 14.9 Å². The molecule has 1 amide bonds. The van der Waals surface area contributed by atoms with Gasteiger partial charge in [0.1, 0.15) is 0 Å². The lowest BCUT2D eigenvalue weighted by Gasteiger charge is -2.22. The Morgan fingerprint density at radius 3 is 2.79 bits per heavy atom. The zero-order valence-electron chi connectivity index (χ0n) is 15.8. The maximum Gasteiger partial charge on any atom is 0.271 e. The number of nitrogens with zero attached hydrogens (tertiary/aromatic N) is 4. The number of carbonyl (C=O) groups excluding carboxylic acids is 1. The van der Waals surface area contributed by atoms with E-state index in [-0.39, 0.29) is 11.3 Å². The van der Waals surface area contributed by atoms with Crippen molar-refractivity contribution in [1.82, 2.24) is 5.43 Å². The summed E-state index contributed by atoms with van der Waals surface area (Å²) in [5.74, 6) is -0.525. The van der Waals surface area contributed by atoms with Crippen LogP contribution < -0.4 is 10.3 Å². The van der Waals surface area contributed by atoms with E-state index in [1.54, 1.807) is 0 Å². The van der Waals surface area contributed by atoms with E-state index < -0.39 is 10.8 Å². The molecule has 0 aliphatic heterocycles. The van der Waals surface area contributed by atoms with Gasteiger partial charge in [0.15, 0.2) is 0 Å². The van der Waals surface area contributed by atoms with Crippen LogP contribution in [-0.2, 0) is 0 Å². The summed E-state index contributed by atoms with van der Waals surface area (Å²) in [6, 6.07) is 13.4. The fourth-order valence-electron chi connectivity index (χ4n) is 2.64. The lowest BCUT2D eigenvalue weighted by atomic mass is 10.1. The minimum absolute atomic E-state index is 0.153. The van der Waals surface area contributed by atoms with Gasteiger partial charge in [-0.2, -0.15) is 10.4 Å². The highest BCUT2D eigenvalue weighted by atomic mass is 16.6. The summed E-state index contributed by atoms with van der Waals surface area (Å²) < 4.78 is 0. The maximum atomic E-state index is 12.1. The Balaban J connectivity index is 2.06. The Kier molecular flexibility index (Phi) is 7.22. The van der Waals surface area contributed by atoms with Crippen molar-refractivity contribution in [1.29, 1.82) is 5.26 Å². The predicted octanol–water partition coefficient (Wildman–Crippen LogP) is 3.41. The molecule has 2 aromatic carbocycles. The fourth-order valence-corrected chi connectivity index (χ4v) is 2.64. The third-order valence-electron chi connectivity index (χ3n) is 4.18. The first kappa shape index (κ1) is 20.6. The van der Waals surface area contributed by atoms with E-state index in [2.05, 4.69) is 21.5 Å². The molecule has 2 rings (SSSR count). The van der Waals surface area contributed by atoms with Gasteiger partial charge < -0.3 is 4.90 Å². The molecule has 0 unspecified atom stereocenters. The first-order chi connectivity index (χ1) is 13.5. The molecule has 0 aromatic heterocycles. The summed E-state index contributed by atoms with van der Waals surface area (Å²) in [5.41, 5.74) is 5.21. The van der Waals surface area contributed by atoms with Crippen LogP contribution in [0.4, 0.5) is 11.4 Å². The summed E-state index contributed by atoms with van der Waals surface area (Å²) in [5, 5.41) is 23.5. The summed E-state index contributed by atoms with van der Waals surface area (Å²) in [4.78, 5) is 24.4. The Hall–Kier alpha value is -3.73. The molecule has 0 radical (unpaired) electrons. The molecule has 8 nitrogen and oxygen atoms in total. The zero-order chi connectivity index (χ0) is 20.5. The third-order valence-corrected chi connectivity index (χ3v) is 4.18. The summed E-state index contributed by atoms with van der Waals surface area (Å²) >= 11 is 0. The molecule has 8 heteroatoms. The lowest BCUT2D eigenvalue weighted by molar-refractivity contribution is -0.384. The van der Waals surface area contributed by atoms with Crippen LogP contribution in [0.5, 0.6) is 0 Å². The van der Waals surface area contributed by atoms with Gasteiger partial charge in [-0.15, -0.1) is 0 Å². The predicted molar refractivity (Wildman–Crippen MR) is 107 cm³/mol. The Morgan fingerprint density at radius 1 is 1.36 bits per heavy atom. The van der Waals surface area contributed by atoms with Gasteiger partial charge in [0.2, 0.25) is 0 Å². The summed E-state index contributed by atoms with van der Waals surface area (Å²) in [6.07, 6.45) is 1.99. The van der Waals surface area contributed by atoms with Crippen LogP contribution in [0.25, 0.3) is 0 Å². The number of hydrazone groups is 1. The Bertz CT molecular complexity index is 934. The van der Waals surface area contributed by atoms with E-state index in [1.807, 2.05) is 32.0 Å². The second-order valence-corrected chi connectivity index (χ2v) is 6.04. The number of anilines is 1. The maximum absolute atomic E-state index is 12.1. The van der Waals surface area contributed by atoms with Crippen molar-refractivity contribution < 1.29 is 9.72 Å². The van der Waals surface area contributed by atoms with Crippen LogP contribution in [0.1, 0.15) is 34.8 Å². The van der Waals surface area contributed by atoms with Crippen molar-refractivity contribution in [2.45, 2.75) is 20.3 Å². The lowest BCUT2D eigenvalue weighted by Crippen LogP contribution is -2.23. The quantitative estimate of drug-likeness (QED) is 0.429. The highest BCUT2D eigenvalue weighted by molar-refractivity contribution is 5.95. The van der Waals surface area contributed by atoms with Crippen molar-refractivity contribution in [3.63, 3.8) is 0 Å². The number of nitriles is 1. The molecule has 28 heavy (non-hydrogen) atoms. The molecule has 1 N–H and O–H groups in total. The topological polar surface area (TPSA) is 112 Å². The first-order valence-electron chi connectivity index (χ1n) is 8.76. The van der Waals surface area contributed by atoms with Gasteiger partial charge in [-0.1, -0.05) is 12.1 Å². The summed E-state index contributed by atoms with van der Waals surface area (Å²) in [7, 11) is 0. The number of benzene rings is 2. The second kappa shape index (κ2) is 9.83. The van der Waals surface area contributed by atoms with Crippen molar-refractivity contribution in [3.8, 4) is 6.07 Å². The number of nitrogens with one attached hydrogen (secondary N) is 1. The summed E-state index contributed by atoms with van der Waals surface area (Å²) in [6.45, 7) is 5.43. The van der Waals surface area contributed by atoms with Gasteiger partial charge in [0, 0.05) is 36.5 Å². The number of rotatable bonds is 8. The van der Waals surface area contributed by atoms with Crippen molar-refractivity contribution >= 4 is 23.5 Å². The van der Waals surface area contributed by atoms with Crippen molar-refractivity contribution in [2.24, 2.45) is 5.10 Å². The number of non-ortho nitro benzene ring substituents is 1. The van der Waals surface area contributed by atoms with E-state index in [0.29, 0.717) is 13.0 Å². The molecule has 0 bridgehead atoms. The highest BCUT2D eigenvalue weighted by Crippen LogP contribution is 2.19. The van der Waals surface area contributed by atoms with Crippen LogP contribution >= 0.6 is 0 Å². The zero-order valence-corrected chi connectivity index (χ0v) is 15.8. The number of carbonyl (C=O) groups is 1. The molecule has 2 aromatic rings. The standard InChI is InChI=1S/C20H21N5O3/c1-3-24(11-5-10-21)18-9-8-17(15(2)12-18)14-22-23-20(26)16-6-4-7-19(13-16)25(27)28/h4,6-9,12-14H,3,5,11H2,1-2H3,(H,23,26)/b22-14-. The average Bonchev–Trinajstić information content (AvgIpc) is 2.70. The van der Waals surface area contributed by atoms with E-state index in [9.17, 15) is 14.9 Å². The van der Waals surface area contributed by atoms with Crippen LogP contribution in [0.2, 0.25) is 0 Å². The average molecular weight is 379 g/mol. The molecular formula is C20H21N5O3. The number of hydrogen-bond donors (Lipinski definition) is 1. The van der Waals surface area contributed by atoms with Gasteiger partial charge in [0.05, 0.1) is 23.6 Å². The van der Waals surface area contributed by atoms with E-state index in [4.69, 9.17) is 5.26 Å². The first-order valence-corrected chi connectivity index (χ1v) is 8.76. The van der Waals surface area contributed by atoms with E-state index in [1.165, 1.54) is 30.5 Å². The van der Waals surface area contributed by atoms with Crippen LogP contribution in [-0.4, -0.2) is 30.1 Å². The Morgan fingerprint density at radius 2 is 2.14 bits per heavy atom. The SMILES string of the molecule is CCN(CCC#N)c1ccc(/C=N\NC(=O)c2cccc([N+](=O)[O-])c2)c(C)c1. The van der Waals surface area contributed by atoms with Crippen LogP contribution in [0.15, 0.2) is 47.6 Å². The van der Waals surface area contributed by atoms with Crippen LogP contribution in [0.3, 0.4) is 0 Å². The number of hydrogen-bond acceptors (Lipinski definition) is 6. The highest BCUT2D eigenvalue weighted by Gasteiger charge is 2.11. The fraction of sp³-hybridized carbons (Fsp3) is 0.250. The molecule has 0 atom stereocenters. The van der Waals surface area contributed by atoms with E-state index in [0.717, 1.165) is 23.4 Å². The smallest absolute Gasteiger partial charge is 0.271 e. The molecule has 0 spiro atoms. The Labute approximate surface area is 163 Å². The van der Waals surface area contributed by atoms with E-state index >= 15 is 0 Å². The second-order valence-electron chi connectivity index (χ2n) is 6.04. The molecule has 0 aliphatic carbocycles. The van der Waals surface area contributed by atoms with Crippen molar-refractivity contribution in [2.75, 3.05) is 18.0 Å².